The molecule has 0 aliphatic carbocycles. The normalized spacial score (nSPS) is 11.3. The molecule has 0 N–H and O–H groups in total. The van der Waals surface area contributed by atoms with E-state index in [1.807, 2.05) is 6.07 Å². The van der Waals surface area contributed by atoms with Crippen LogP contribution < -0.4 is 0 Å². The number of aromatic nitrogens is 3. The monoisotopic (exact) mass is 611 g/mol. The summed E-state index contributed by atoms with van der Waals surface area (Å²) in [6.07, 6.45) is 0. The van der Waals surface area contributed by atoms with Crippen LogP contribution in [0.1, 0.15) is 0 Å². The van der Waals surface area contributed by atoms with E-state index in [1.165, 1.54) is 27.5 Å². The lowest BCUT2D eigenvalue weighted by molar-refractivity contribution is 1.08. The molecular weight excluding hydrogens is 583 g/mol. The third-order valence-electron chi connectivity index (χ3n) is 9.14. The van der Waals surface area contributed by atoms with Gasteiger partial charge in [-0.15, -0.1) is 0 Å². The molecule has 0 fully saturated rings. The fourth-order valence-corrected chi connectivity index (χ4v) is 6.80. The maximum atomic E-state index is 5.25. The van der Waals surface area contributed by atoms with Gasteiger partial charge >= 0.3 is 0 Å². The van der Waals surface area contributed by atoms with Gasteiger partial charge in [-0.1, -0.05) is 170 Å². The van der Waals surface area contributed by atoms with Gasteiger partial charge in [0.2, 0.25) is 0 Å². The minimum atomic E-state index is 0.642. The third kappa shape index (κ3) is 4.90. The zero-order chi connectivity index (χ0) is 31.9. The molecule has 0 saturated heterocycles. The van der Waals surface area contributed by atoms with Crippen LogP contribution in [0.2, 0.25) is 0 Å². The van der Waals surface area contributed by atoms with Gasteiger partial charge in [0.1, 0.15) is 0 Å². The van der Waals surface area contributed by atoms with E-state index in [4.69, 9.17) is 15.0 Å². The van der Waals surface area contributed by atoms with Crippen molar-refractivity contribution in [1.29, 1.82) is 0 Å². The maximum absolute atomic E-state index is 5.25. The molecule has 0 radical (unpaired) electrons. The van der Waals surface area contributed by atoms with Crippen molar-refractivity contribution in [2.45, 2.75) is 0 Å². The molecule has 0 bridgehead atoms. The van der Waals surface area contributed by atoms with Crippen LogP contribution in [-0.4, -0.2) is 15.0 Å². The van der Waals surface area contributed by atoms with Gasteiger partial charge in [0, 0.05) is 16.7 Å². The molecule has 0 aliphatic rings. The van der Waals surface area contributed by atoms with Crippen LogP contribution in [-0.2, 0) is 0 Å². The fourth-order valence-electron chi connectivity index (χ4n) is 6.80. The third-order valence-corrected chi connectivity index (χ3v) is 9.14. The van der Waals surface area contributed by atoms with E-state index in [2.05, 4.69) is 170 Å². The predicted octanol–water partition coefficient (Wildman–Crippen LogP) is 11.7. The quantitative estimate of drug-likeness (QED) is 0.182. The highest BCUT2D eigenvalue weighted by Crippen LogP contribution is 2.37. The number of rotatable bonds is 5. The van der Waals surface area contributed by atoms with Gasteiger partial charge in [-0.2, -0.15) is 0 Å². The highest BCUT2D eigenvalue weighted by molar-refractivity contribution is 6.13. The van der Waals surface area contributed by atoms with Crippen LogP contribution in [0.4, 0.5) is 0 Å². The van der Waals surface area contributed by atoms with Crippen molar-refractivity contribution in [2.24, 2.45) is 0 Å². The first-order valence-corrected chi connectivity index (χ1v) is 16.2. The van der Waals surface area contributed by atoms with E-state index in [-0.39, 0.29) is 0 Å². The summed E-state index contributed by atoms with van der Waals surface area (Å²) in [6.45, 7) is 0. The molecule has 0 unspecified atom stereocenters. The Hall–Kier alpha value is -6.45. The molecule has 0 saturated carbocycles. The van der Waals surface area contributed by atoms with Crippen LogP contribution >= 0.6 is 0 Å². The van der Waals surface area contributed by atoms with E-state index in [9.17, 15) is 0 Å². The molecule has 48 heavy (non-hydrogen) atoms. The number of hydrogen-bond acceptors (Lipinski definition) is 3. The van der Waals surface area contributed by atoms with Gasteiger partial charge in [0.15, 0.2) is 17.5 Å². The molecule has 8 aromatic carbocycles. The highest BCUT2D eigenvalue weighted by atomic mass is 15.0. The molecule has 3 heteroatoms. The second kappa shape index (κ2) is 11.7. The zero-order valence-electron chi connectivity index (χ0n) is 26.1. The van der Waals surface area contributed by atoms with Crippen LogP contribution in [0.25, 0.3) is 88.7 Å². The Balaban J connectivity index is 1.29. The Morgan fingerprint density at radius 1 is 0.250 bits per heavy atom. The van der Waals surface area contributed by atoms with Crippen LogP contribution in [0.3, 0.4) is 0 Å². The Morgan fingerprint density at radius 3 is 1.44 bits per heavy atom. The van der Waals surface area contributed by atoms with Crippen molar-refractivity contribution < 1.29 is 0 Å². The van der Waals surface area contributed by atoms with E-state index in [0.29, 0.717) is 17.5 Å². The smallest absolute Gasteiger partial charge is 0.164 e. The van der Waals surface area contributed by atoms with Gasteiger partial charge in [-0.3, -0.25) is 0 Å². The summed E-state index contributed by atoms with van der Waals surface area (Å²) in [4.78, 5) is 15.6. The summed E-state index contributed by atoms with van der Waals surface area (Å²) in [5.74, 6) is 1.94. The topological polar surface area (TPSA) is 38.7 Å². The van der Waals surface area contributed by atoms with Crippen molar-refractivity contribution in [3.8, 4) is 56.4 Å². The summed E-state index contributed by atoms with van der Waals surface area (Å²) in [6, 6.07) is 61.6. The van der Waals surface area contributed by atoms with Crippen molar-refractivity contribution in [1.82, 2.24) is 15.0 Å². The minimum absolute atomic E-state index is 0.642. The summed E-state index contributed by atoms with van der Waals surface area (Å²) in [5.41, 5.74) is 7.59. The van der Waals surface area contributed by atoms with Crippen molar-refractivity contribution >= 4 is 32.3 Å². The SMILES string of the molecule is c1ccc(-c2ccc(-c3nc(-c4cccc5c(-c6ccccc6)cccc45)nc(-c4cc5ccccc5c5ccccc45)n3)cc2)cc1. The highest BCUT2D eigenvalue weighted by Gasteiger charge is 2.18. The van der Waals surface area contributed by atoms with Crippen molar-refractivity contribution in [3.63, 3.8) is 0 Å². The first-order valence-electron chi connectivity index (χ1n) is 16.2. The zero-order valence-corrected chi connectivity index (χ0v) is 26.1. The fraction of sp³-hybridized carbons (Fsp3) is 0. The van der Waals surface area contributed by atoms with Gasteiger partial charge in [-0.25, -0.2) is 15.0 Å². The molecule has 0 atom stereocenters. The van der Waals surface area contributed by atoms with E-state index >= 15 is 0 Å². The molecule has 0 aliphatic heterocycles. The lowest BCUT2D eigenvalue weighted by atomic mass is 9.95. The molecule has 9 aromatic rings. The molecule has 0 spiro atoms. The molecule has 1 heterocycles. The lowest BCUT2D eigenvalue weighted by Gasteiger charge is -2.14. The number of hydrogen-bond donors (Lipinski definition) is 0. The standard InChI is InChI=1S/C45H29N3/c1-3-13-30(14-4-1)31-25-27-33(28-26-31)43-46-44(41-24-12-22-38-35(21-11-23-39(38)41)32-15-5-2-6-16-32)48-45(47-43)42-29-34-17-7-8-18-36(34)37-19-9-10-20-40(37)42/h1-29H. The number of fused-ring (bicyclic) bond motifs is 4. The molecule has 3 nitrogen and oxygen atoms in total. The average Bonchev–Trinajstić information content (AvgIpc) is 3.17. The summed E-state index contributed by atoms with van der Waals surface area (Å²) >= 11 is 0. The Kier molecular flexibility index (Phi) is 6.80. The van der Waals surface area contributed by atoms with Gasteiger partial charge in [-0.05, 0) is 60.6 Å². The second-order valence-corrected chi connectivity index (χ2v) is 12.0. The first-order chi connectivity index (χ1) is 23.8. The molecule has 0 amide bonds. The summed E-state index contributed by atoms with van der Waals surface area (Å²) in [7, 11) is 0. The van der Waals surface area contributed by atoms with E-state index in [0.717, 1.165) is 43.8 Å². The van der Waals surface area contributed by atoms with Crippen molar-refractivity contribution in [3.05, 3.63) is 176 Å². The number of benzene rings is 8. The summed E-state index contributed by atoms with van der Waals surface area (Å²) in [5, 5.41) is 6.92. The molecular formula is C45H29N3. The van der Waals surface area contributed by atoms with Gasteiger partial charge < -0.3 is 0 Å². The maximum Gasteiger partial charge on any atom is 0.164 e. The number of nitrogens with zero attached hydrogens (tertiary/aromatic N) is 3. The molecule has 224 valence electrons. The van der Waals surface area contributed by atoms with E-state index in [1.54, 1.807) is 0 Å². The largest absolute Gasteiger partial charge is 0.208 e. The Labute approximate surface area is 278 Å². The second-order valence-electron chi connectivity index (χ2n) is 12.0. The van der Waals surface area contributed by atoms with Gasteiger partial charge in [0.05, 0.1) is 0 Å². The van der Waals surface area contributed by atoms with Crippen LogP contribution in [0.15, 0.2) is 176 Å². The van der Waals surface area contributed by atoms with Crippen molar-refractivity contribution in [2.75, 3.05) is 0 Å². The van der Waals surface area contributed by atoms with E-state index < -0.39 is 0 Å². The van der Waals surface area contributed by atoms with Crippen LogP contribution in [0, 0.1) is 0 Å². The predicted molar refractivity (Wildman–Crippen MR) is 200 cm³/mol. The molecule has 1 aromatic heterocycles. The molecule has 9 rings (SSSR count). The summed E-state index contributed by atoms with van der Waals surface area (Å²) < 4.78 is 0. The van der Waals surface area contributed by atoms with Gasteiger partial charge in [0.25, 0.3) is 0 Å². The first kappa shape index (κ1) is 27.8. The van der Waals surface area contributed by atoms with Crippen LogP contribution in [0.5, 0.6) is 0 Å². The minimum Gasteiger partial charge on any atom is -0.208 e. The Bertz CT molecular complexity index is 2590. The average molecular weight is 612 g/mol. The Morgan fingerprint density at radius 2 is 0.708 bits per heavy atom. The lowest BCUT2D eigenvalue weighted by Crippen LogP contribution is -2.01.